The molecule has 10 heteroatoms. The summed E-state index contributed by atoms with van der Waals surface area (Å²) in [6.45, 7) is 1.81. The molecule has 0 unspecified atom stereocenters. The van der Waals surface area contributed by atoms with Gasteiger partial charge in [-0.1, -0.05) is 11.6 Å². The van der Waals surface area contributed by atoms with E-state index in [4.69, 9.17) is 16.3 Å². The van der Waals surface area contributed by atoms with Crippen molar-refractivity contribution in [3.05, 3.63) is 57.1 Å². The van der Waals surface area contributed by atoms with Crippen molar-refractivity contribution in [3.8, 4) is 5.75 Å². The molecule has 0 aliphatic carbocycles. The van der Waals surface area contributed by atoms with Crippen LogP contribution in [-0.4, -0.2) is 35.4 Å². The molecule has 0 aromatic heterocycles. The Hall–Kier alpha value is -2.78. The zero-order valence-electron chi connectivity index (χ0n) is 15.2. The molecule has 2 aromatic rings. The van der Waals surface area contributed by atoms with Crippen LogP contribution in [0.2, 0.25) is 5.02 Å². The van der Waals surface area contributed by atoms with Gasteiger partial charge in [-0.2, -0.15) is 0 Å². The predicted molar refractivity (Wildman–Crippen MR) is 110 cm³/mol. The zero-order valence-corrected chi connectivity index (χ0v) is 16.7. The Bertz CT molecular complexity index is 890. The van der Waals surface area contributed by atoms with Crippen molar-refractivity contribution >= 4 is 52.2 Å². The van der Waals surface area contributed by atoms with Gasteiger partial charge in [0.2, 0.25) is 11.8 Å². The highest BCUT2D eigenvalue weighted by atomic mass is 35.5. The number of carbonyl (C=O) groups excluding carboxylic acids is 2. The van der Waals surface area contributed by atoms with Crippen molar-refractivity contribution in [2.45, 2.75) is 6.92 Å². The number of nitro groups is 1. The van der Waals surface area contributed by atoms with Crippen LogP contribution in [0.1, 0.15) is 5.56 Å². The third-order valence-electron chi connectivity index (χ3n) is 3.58. The van der Waals surface area contributed by atoms with Gasteiger partial charge in [-0.15, -0.1) is 11.8 Å². The Morgan fingerprint density at radius 2 is 1.75 bits per heavy atom. The molecule has 0 spiro atoms. The van der Waals surface area contributed by atoms with Gasteiger partial charge in [-0.3, -0.25) is 19.7 Å². The molecule has 2 aromatic carbocycles. The summed E-state index contributed by atoms with van der Waals surface area (Å²) in [5.41, 5.74) is 1.69. The number of amides is 2. The first-order valence-corrected chi connectivity index (χ1v) is 9.59. The number of halogens is 1. The fraction of sp³-hybridized carbons (Fsp3) is 0.222. The highest BCUT2D eigenvalue weighted by molar-refractivity contribution is 8.00. The summed E-state index contributed by atoms with van der Waals surface area (Å²) in [6.07, 6.45) is 0. The lowest BCUT2D eigenvalue weighted by Gasteiger charge is -2.12. The van der Waals surface area contributed by atoms with Crippen LogP contribution in [0.5, 0.6) is 5.75 Å². The lowest BCUT2D eigenvalue weighted by atomic mass is 10.2. The summed E-state index contributed by atoms with van der Waals surface area (Å²) in [5, 5.41) is 16.5. The Morgan fingerprint density at radius 1 is 1.14 bits per heavy atom. The lowest BCUT2D eigenvalue weighted by Crippen LogP contribution is -2.18. The lowest BCUT2D eigenvalue weighted by molar-refractivity contribution is -0.384. The number of hydrogen-bond acceptors (Lipinski definition) is 6. The van der Waals surface area contributed by atoms with E-state index in [1.54, 1.807) is 12.1 Å². The summed E-state index contributed by atoms with van der Waals surface area (Å²) in [7, 11) is 1.48. The molecular weight excluding hydrogens is 406 g/mol. The van der Waals surface area contributed by atoms with E-state index in [1.165, 1.54) is 31.4 Å². The Balaban J connectivity index is 1.81. The van der Waals surface area contributed by atoms with Crippen LogP contribution in [-0.2, 0) is 9.59 Å². The number of non-ortho nitro benzene ring substituents is 1. The van der Waals surface area contributed by atoms with E-state index in [0.717, 1.165) is 17.3 Å². The topological polar surface area (TPSA) is 111 Å². The quantitative estimate of drug-likeness (QED) is 0.492. The summed E-state index contributed by atoms with van der Waals surface area (Å²) in [4.78, 5) is 34.1. The number of thioether (sulfide) groups is 1. The number of nitrogens with one attached hydrogen (secondary N) is 2. The fourth-order valence-corrected chi connectivity index (χ4v) is 2.99. The van der Waals surface area contributed by atoms with Gasteiger partial charge in [0, 0.05) is 28.9 Å². The molecule has 0 saturated carbocycles. The first kappa shape index (κ1) is 21.5. The first-order chi connectivity index (χ1) is 13.3. The van der Waals surface area contributed by atoms with E-state index in [9.17, 15) is 19.7 Å². The standard InChI is InChI=1S/C18H18ClN3O5S/c1-11-7-15(16(27-2)8-14(11)19)21-18(24)10-28-9-17(23)20-12-3-5-13(6-4-12)22(25)26/h3-8H,9-10H2,1-2H3,(H,20,23)(H,21,24). The van der Waals surface area contributed by atoms with Crippen LogP contribution in [0.25, 0.3) is 0 Å². The number of aryl methyl sites for hydroxylation is 1. The number of nitrogens with zero attached hydrogens (tertiary/aromatic N) is 1. The molecule has 148 valence electrons. The molecule has 0 radical (unpaired) electrons. The molecule has 2 rings (SSSR count). The zero-order chi connectivity index (χ0) is 20.7. The fourth-order valence-electron chi connectivity index (χ4n) is 2.22. The number of rotatable bonds is 8. The number of methoxy groups -OCH3 is 1. The maximum absolute atomic E-state index is 12.1. The van der Waals surface area contributed by atoms with Gasteiger partial charge in [0.1, 0.15) is 5.75 Å². The van der Waals surface area contributed by atoms with E-state index in [2.05, 4.69) is 10.6 Å². The number of carbonyl (C=O) groups is 2. The van der Waals surface area contributed by atoms with Gasteiger partial charge in [0.15, 0.2) is 0 Å². The van der Waals surface area contributed by atoms with Crippen molar-refractivity contribution in [1.82, 2.24) is 0 Å². The van der Waals surface area contributed by atoms with Gasteiger partial charge in [-0.25, -0.2) is 0 Å². The summed E-state index contributed by atoms with van der Waals surface area (Å²) in [6, 6.07) is 8.84. The van der Waals surface area contributed by atoms with Gasteiger partial charge >= 0.3 is 0 Å². The molecule has 0 atom stereocenters. The highest BCUT2D eigenvalue weighted by Crippen LogP contribution is 2.31. The number of nitro benzene ring substituents is 1. The third-order valence-corrected chi connectivity index (χ3v) is 4.92. The van der Waals surface area contributed by atoms with Crippen LogP contribution < -0.4 is 15.4 Å². The molecule has 0 aliphatic heterocycles. The van der Waals surface area contributed by atoms with Crippen molar-refractivity contribution in [2.75, 3.05) is 29.2 Å². The first-order valence-electron chi connectivity index (χ1n) is 8.06. The van der Waals surface area contributed by atoms with Crippen LogP contribution >= 0.6 is 23.4 Å². The van der Waals surface area contributed by atoms with Crippen molar-refractivity contribution < 1.29 is 19.2 Å². The minimum absolute atomic E-state index is 0.0567. The number of anilines is 2. The third kappa shape index (κ3) is 6.14. The predicted octanol–water partition coefficient (Wildman–Crippen LogP) is 3.88. The molecular formula is C18H18ClN3O5S. The van der Waals surface area contributed by atoms with Crippen molar-refractivity contribution in [3.63, 3.8) is 0 Å². The van der Waals surface area contributed by atoms with Crippen LogP contribution in [0.15, 0.2) is 36.4 Å². The molecule has 8 nitrogen and oxygen atoms in total. The average Bonchev–Trinajstić information content (AvgIpc) is 2.65. The summed E-state index contributed by atoms with van der Waals surface area (Å²) < 4.78 is 5.20. The average molecular weight is 424 g/mol. The Labute approximate surface area is 170 Å². The van der Waals surface area contributed by atoms with Gasteiger partial charge < -0.3 is 15.4 Å². The molecule has 2 N–H and O–H groups in total. The molecule has 0 bridgehead atoms. The van der Waals surface area contributed by atoms with Crippen molar-refractivity contribution in [1.29, 1.82) is 0 Å². The molecule has 0 heterocycles. The Morgan fingerprint density at radius 3 is 2.32 bits per heavy atom. The van der Waals surface area contributed by atoms with Gasteiger partial charge in [-0.05, 0) is 30.7 Å². The molecule has 2 amide bonds. The summed E-state index contributed by atoms with van der Waals surface area (Å²) >= 11 is 7.17. The van der Waals surface area contributed by atoms with E-state index in [-0.39, 0.29) is 29.0 Å². The summed E-state index contributed by atoms with van der Waals surface area (Å²) in [5.74, 6) is -0.0238. The number of hydrogen-bond donors (Lipinski definition) is 2. The van der Waals surface area contributed by atoms with Crippen LogP contribution in [0.3, 0.4) is 0 Å². The molecule has 28 heavy (non-hydrogen) atoms. The van der Waals surface area contributed by atoms with Gasteiger partial charge in [0.05, 0.1) is 29.2 Å². The SMILES string of the molecule is COc1cc(Cl)c(C)cc1NC(=O)CSCC(=O)Nc1ccc([N+](=O)[O-])cc1. The van der Waals surface area contributed by atoms with Gasteiger partial charge in [0.25, 0.3) is 5.69 Å². The number of ether oxygens (including phenoxy) is 1. The molecule has 0 aliphatic rings. The molecule has 0 fully saturated rings. The van der Waals surface area contributed by atoms with E-state index >= 15 is 0 Å². The van der Waals surface area contributed by atoms with E-state index < -0.39 is 4.92 Å². The minimum atomic E-state index is -0.517. The Kier molecular flexibility index (Phi) is 7.65. The highest BCUT2D eigenvalue weighted by Gasteiger charge is 2.12. The maximum Gasteiger partial charge on any atom is 0.269 e. The van der Waals surface area contributed by atoms with Crippen LogP contribution in [0.4, 0.5) is 17.1 Å². The second-order valence-corrected chi connectivity index (χ2v) is 7.09. The van der Waals surface area contributed by atoms with E-state index in [0.29, 0.717) is 22.1 Å². The van der Waals surface area contributed by atoms with Crippen molar-refractivity contribution in [2.24, 2.45) is 0 Å². The second-order valence-electron chi connectivity index (χ2n) is 5.69. The largest absolute Gasteiger partial charge is 0.495 e. The minimum Gasteiger partial charge on any atom is -0.495 e. The monoisotopic (exact) mass is 423 g/mol. The normalized spacial score (nSPS) is 10.2. The second kappa shape index (κ2) is 9.95. The maximum atomic E-state index is 12.1. The van der Waals surface area contributed by atoms with E-state index in [1.807, 2.05) is 6.92 Å². The van der Waals surface area contributed by atoms with Crippen LogP contribution in [0, 0.1) is 17.0 Å². The number of benzene rings is 2. The molecule has 0 saturated heterocycles. The smallest absolute Gasteiger partial charge is 0.269 e.